The fourth-order valence-corrected chi connectivity index (χ4v) is 1.54. The van der Waals surface area contributed by atoms with E-state index in [1.807, 2.05) is 31.2 Å². The molecule has 2 aromatic rings. The largest absolute Gasteiger partial charge is 0.478 e. The molecule has 1 aromatic carbocycles. The molecule has 0 aliphatic rings. The van der Waals surface area contributed by atoms with E-state index in [9.17, 15) is 0 Å². The van der Waals surface area contributed by atoms with Crippen LogP contribution >= 0.6 is 0 Å². The number of benzene rings is 1. The maximum Gasteiger partial charge on any atom is 0.210 e. The number of aromatic nitrogens is 1. The van der Waals surface area contributed by atoms with E-state index in [1.165, 1.54) is 0 Å². The lowest BCUT2D eigenvalue weighted by Gasteiger charge is -2.00. The summed E-state index contributed by atoms with van der Waals surface area (Å²) in [7, 11) is 0. The molecule has 3 heteroatoms. The number of nitriles is 1. The third-order valence-electron chi connectivity index (χ3n) is 2.23. The Morgan fingerprint density at radius 1 is 1.40 bits per heavy atom. The van der Waals surface area contributed by atoms with Gasteiger partial charge in [-0.05, 0) is 12.5 Å². The third-order valence-corrected chi connectivity index (χ3v) is 2.23. The number of H-pyrrole nitrogens is 1. The number of rotatable bonds is 3. The van der Waals surface area contributed by atoms with Gasteiger partial charge in [-0.3, -0.25) is 0 Å². The first-order chi connectivity index (χ1) is 7.36. The molecule has 0 aliphatic heterocycles. The Kier molecular flexibility index (Phi) is 2.59. The van der Waals surface area contributed by atoms with Crippen molar-refractivity contribution >= 4 is 10.9 Å². The molecule has 0 radical (unpaired) electrons. The second-order valence-corrected chi connectivity index (χ2v) is 3.33. The van der Waals surface area contributed by atoms with Crippen LogP contribution in [0.25, 0.3) is 10.9 Å². The molecule has 0 unspecified atom stereocenters. The zero-order valence-electron chi connectivity index (χ0n) is 8.58. The molecule has 1 N–H and O–H groups in total. The maximum atomic E-state index is 9.05. The molecule has 1 heterocycles. The fourth-order valence-electron chi connectivity index (χ4n) is 1.54. The number of ether oxygens (including phenoxy) is 1. The summed E-state index contributed by atoms with van der Waals surface area (Å²) in [6.45, 7) is 2.66. The molecule has 0 amide bonds. The molecule has 1 aromatic heterocycles. The van der Waals surface area contributed by atoms with Crippen molar-refractivity contribution in [3.8, 4) is 11.9 Å². The van der Waals surface area contributed by atoms with Crippen molar-refractivity contribution in [2.45, 2.75) is 13.3 Å². The molecule has 0 aliphatic carbocycles. The summed E-state index contributed by atoms with van der Waals surface area (Å²) in [6.07, 6.45) is 0.931. The molecule has 0 bridgehead atoms. The SMILES string of the molecule is CCCOc1[nH]c2ccccc2c1C#N. The Morgan fingerprint density at radius 3 is 2.93 bits per heavy atom. The minimum absolute atomic E-state index is 0.584. The number of nitrogens with one attached hydrogen (secondary N) is 1. The van der Waals surface area contributed by atoms with Gasteiger partial charge in [0.15, 0.2) is 0 Å². The highest BCUT2D eigenvalue weighted by Crippen LogP contribution is 2.26. The molecular formula is C12H12N2O. The van der Waals surface area contributed by atoms with Crippen LogP contribution in [0.2, 0.25) is 0 Å². The number of para-hydroxylation sites is 1. The van der Waals surface area contributed by atoms with Crippen LogP contribution < -0.4 is 4.74 Å². The average Bonchev–Trinajstić information content (AvgIpc) is 2.63. The summed E-state index contributed by atoms with van der Waals surface area (Å²) in [6, 6.07) is 9.88. The van der Waals surface area contributed by atoms with Gasteiger partial charge < -0.3 is 9.72 Å². The van der Waals surface area contributed by atoms with Crippen LogP contribution in [-0.4, -0.2) is 11.6 Å². The fraction of sp³-hybridized carbons (Fsp3) is 0.250. The highest BCUT2D eigenvalue weighted by molar-refractivity contribution is 5.88. The van der Waals surface area contributed by atoms with Crippen LogP contribution in [0.3, 0.4) is 0 Å². The Balaban J connectivity index is 2.50. The van der Waals surface area contributed by atoms with Crippen molar-refractivity contribution in [1.29, 1.82) is 5.26 Å². The van der Waals surface area contributed by atoms with Gasteiger partial charge in [0.05, 0.1) is 6.61 Å². The first-order valence-corrected chi connectivity index (χ1v) is 5.00. The lowest BCUT2D eigenvalue weighted by molar-refractivity contribution is 0.307. The predicted octanol–water partition coefficient (Wildman–Crippen LogP) is 2.83. The molecule has 0 saturated heterocycles. The number of hydrogen-bond donors (Lipinski definition) is 1. The van der Waals surface area contributed by atoms with Crippen LogP contribution in [0.4, 0.5) is 0 Å². The minimum atomic E-state index is 0.584. The van der Waals surface area contributed by atoms with Crippen LogP contribution in [0, 0.1) is 11.3 Å². The van der Waals surface area contributed by atoms with Crippen molar-refractivity contribution in [3.05, 3.63) is 29.8 Å². The molecule has 0 fully saturated rings. The zero-order chi connectivity index (χ0) is 10.7. The lowest BCUT2D eigenvalue weighted by atomic mass is 10.2. The van der Waals surface area contributed by atoms with Crippen LogP contribution in [-0.2, 0) is 0 Å². The van der Waals surface area contributed by atoms with Gasteiger partial charge in [-0.2, -0.15) is 5.26 Å². The number of aromatic amines is 1. The topological polar surface area (TPSA) is 48.8 Å². The van der Waals surface area contributed by atoms with Crippen LogP contribution in [0.5, 0.6) is 5.88 Å². The van der Waals surface area contributed by atoms with Gasteiger partial charge in [0, 0.05) is 10.9 Å². The monoisotopic (exact) mass is 200 g/mol. The van der Waals surface area contributed by atoms with E-state index in [4.69, 9.17) is 10.00 Å². The second kappa shape index (κ2) is 4.05. The predicted molar refractivity (Wildman–Crippen MR) is 58.8 cm³/mol. The van der Waals surface area contributed by atoms with Gasteiger partial charge in [-0.1, -0.05) is 25.1 Å². The molecule has 0 atom stereocenters. The van der Waals surface area contributed by atoms with Crippen LogP contribution in [0.15, 0.2) is 24.3 Å². The van der Waals surface area contributed by atoms with Gasteiger partial charge >= 0.3 is 0 Å². The van der Waals surface area contributed by atoms with Crippen molar-refractivity contribution < 1.29 is 4.74 Å². The highest BCUT2D eigenvalue weighted by atomic mass is 16.5. The van der Waals surface area contributed by atoms with Gasteiger partial charge in [0.2, 0.25) is 5.88 Å². The Labute approximate surface area is 88.3 Å². The summed E-state index contributed by atoms with van der Waals surface area (Å²) >= 11 is 0. The van der Waals surface area contributed by atoms with E-state index in [2.05, 4.69) is 11.1 Å². The quantitative estimate of drug-likeness (QED) is 0.828. The molecule has 0 spiro atoms. The molecular weight excluding hydrogens is 188 g/mol. The van der Waals surface area contributed by atoms with E-state index in [0.717, 1.165) is 17.3 Å². The van der Waals surface area contributed by atoms with E-state index >= 15 is 0 Å². The summed E-state index contributed by atoms with van der Waals surface area (Å²) in [5, 5.41) is 9.98. The normalized spacial score (nSPS) is 10.1. The molecule has 15 heavy (non-hydrogen) atoms. The summed E-state index contributed by atoms with van der Waals surface area (Å²) in [5.74, 6) is 0.584. The highest BCUT2D eigenvalue weighted by Gasteiger charge is 2.10. The maximum absolute atomic E-state index is 9.05. The van der Waals surface area contributed by atoms with Crippen LogP contribution in [0.1, 0.15) is 18.9 Å². The van der Waals surface area contributed by atoms with Crippen molar-refractivity contribution in [2.75, 3.05) is 6.61 Å². The first-order valence-electron chi connectivity index (χ1n) is 5.00. The van der Waals surface area contributed by atoms with Crippen molar-refractivity contribution in [3.63, 3.8) is 0 Å². The van der Waals surface area contributed by atoms with Gasteiger partial charge in [-0.25, -0.2) is 0 Å². The average molecular weight is 200 g/mol. The minimum Gasteiger partial charge on any atom is -0.478 e. The van der Waals surface area contributed by atoms with E-state index in [1.54, 1.807) is 0 Å². The van der Waals surface area contributed by atoms with E-state index in [0.29, 0.717) is 18.1 Å². The number of fused-ring (bicyclic) bond motifs is 1. The van der Waals surface area contributed by atoms with Gasteiger partial charge in [0.1, 0.15) is 11.6 Å². The van der Waals surface area contributed by atoms with E-state index in [-0.39, 0.29) is 0 Å². The molecule has 0 saturated carbocycles. The molecule has 76 valence electrons. The van der Waals surface area contributed by atoms with Gasteiger partial charge in [-0.15, -0.1) is 0 Å². The summed E-state index contributed by atoms with van der Waals surface area (Å²) < 4.78 is 5.48. The zero-order valence-corrected chi connectivity index (χ0v) is 8.58. The number of nitrogens with zero attached hydrogens (tertiary/aromatic N) is 1. The third kappa shape index (κ3) is 1.66. The standard InChI is InChI=1S/C12H12N2O/c1-2-7-15-12-10(8-13)9-5-3-4-6-11(9)14-12/h3-6,14H,2,7H2,1H3. The van der Waals surface area contributed by atoms with E-state index < -0.39 is 0 Å². The Morgan fingerprint density at radius 2 is 2.20 bits per heavy atom. The Hall–Kier alpha value is -1.95. The molecule has 3 nitrogen and oxygen atoms in total. The number of hydrogen-bond acceptors (Lipinski definition) is 2. The van der Waals surface area contributed by atoms with Crippen molar-refractivity contribution in [2.24, 2.45) is 0 Å². The lowest BCUT2D eigenvalue weighted by Crippen LogP contribution is -1.96. The Bertz CT molecular complexity index is 508. The smallest absolute Gasteiger partial charge is 0.210 e. The van der Waals surface area contributed by atoms with Gasteiger partial charge in [0.25, 0.3) is 0 Å². The summed E-state index contributed by atoms with van der Waals surface area (Å²) in [4.78, 5) is 3.11. The first kappa shape index (κ1) is 9.60. The molecule has 2 rings (SSSR count). The van der Waals surface area contributed by atoms with Crippen molar-refractivity contribution in [1.82, 2.24) is 4.98 Å². The second-order valence-electron chi connectivity index (χ2n) is 3.33. The summed E-state index contributed by atoms with van der Waals surface area (Å²) in [5.41, 5.74) is 1.54.